The summed E-state index contributed by atoms with van der Waals surface area (Å²) in [6, 6.07) is 13.2. The highest BCUT2D eigenvalue weighted by Gasteiger charge is 2.09. The van der Waals surface area contributed by atoms with Gasteiger partial charge in [0.1, 0.15) is 5.01 Å². The second-order valence-electron chi connectivity index (χ2n) is 4.66. The van der Waals surface area contributed by atoms with Gasteiger partial charge in [-0.05, 0) is 30.7 Å². The first kappa shape index (κ1) is 13.5. The molecule has 0 amide bonds. The SMILES string of the molecule is Cc1ccc(/C=C/c2nc3ccccc3s2)cc1[N+](=O)[O-]. The van der Waals surface area contributed by atoms with Gasteiger partial charge in [-0.1, -0.05) is 30.3 Å². The van der Waals surface area contributed by atoms with Gasteiger partial charge in [-0.15, -0.1) is 11.3 Å². The van der Waals surface area contributed by atoms with Crippen molar-refractivity contribution in [2.24, 2.45) is 0 Å². The quantitative estimate of drug-likeness (QED) is 0.520. The topological polar surface area (TPSA) is 56.0 Å². The number of nitrogens with zero attached hydrogens (tertiary/aromatic N) is 2. The molecule has 0 bridgehead atoms. The van der Waals surface area contributed by atoms with Gasteiger partial charge in [0.2, 0.25) is 0 Å². The predicted octanol–water partition coefficient (Wildman–Crippen LogP) is 4.68. The molecule has 3 rings (SSSR count). The Morgan fingerprint density at radius 3 is 2.76 bits per heavy atom. The molecule has 0 saturated heterocycles. The van der Waals surface area contributed by atoms with Crippen molar-refractivity contribution in [1.82, 2.24) is 4.98 Å². The van der Waals surface area contributed by atoms with Crippen LogP contribution in [-0.4, -0.2) is 9.91 Å². The third-order valence-electron chi connectivity index (χ3n) is 3.16. The summed E-state index contributed by atoms with van der Waals surface area (Å²) < 4.78 is 1.13. The molecule has 3 aromatic rings. The van der Waals surface area contributed by atoms with E-state index >= 15 is 0 Å². The molecule has 0 fully saturated rings. The molecule has 0 radical (unpaired) electrons. The van der Waals surface area contributed by atoms with Crippen LogP contribution in [0.15, 0.2) is 42.5 Å². The highest BCUT2D eigenvalue weighted by Crippen LogP contribution is 2.24. The van der Waals surface area contributed by atoms with E-state index in [1.54, 1.807) is 30.4 Å². The van der Waals surface area contributed by atoms with Crippen LogP contribution in [-0.2, 0) is 0 Å². The van der Waals surface area contributed by atoms with Crippen LogP contribution >= 0.6 is 11.3 Å². The van der Waals surface area contributed by atoms with Crippen molar-refractivity contribution < 1.29 is 4.92 Å². The smallest absolute Gasteiger partial charge is 0.258 e. The average Bonchev–Trinajstić information content (AvgIpc) is 2.89. The van der Waals surface area contributed by atoms with E-state index in [2.05, 4.69) is 4.98 Å². The summed E-state index contributed by atoms with van der Waals surface area (Å²) in [7, 11) is 0. The van der Waals surface area contributed by atoms with Gasteiger partial charge in [-0.25, -0.2) is 4.98 Å². The standard InChI is InChI=1S/C16H12N2O2S/c1-11-6-7-12(10-14(11)18(19)20)8-9-16-17-13-4-2-3-5-15(13)21-16/h2-10H,1H3/b9-8+. The number of hydrogen-bond donors (Lipinski definition) is 0. The van der Waals surface area contributed by atoms with E-state index in [4.69, 9.17) is 0 Å². The minimum atomic E-state index is -0.357. The molecule has 0 aliphatic heterocycles. The summed E-state index contributed by atoms with van der Waals surface area (Å²) in [5.74, 6) is 0. The Balaban J connectivity index is 1.92. The maximum atomic E-state index is 10.9. The van der Waals surface area contributed by atoms with Gasteiger partial charge in [0.05, 0.1) is 15.1 Å². The maximum absolute atomic E-state index is 10.9. The molecule has 0 N–H and O–H groups in total. The zero-order valence-electron chi connectivity index (χ0n) is 11.3. The molecule has 0 spiro atoms. The first-order chi connectivity index (χ1) is 10.1. The molecule has 0 atom stereocenters. The summed E-state index contributed by atoms with van der Waals surface area (Å²) >= 11 is 1.60. The number of nitro benzene ring substituents is 1. The van der Waals surface area contributed by atoms with Crippen LogP contribution in [0.1, 0.15) is 16.1 Å². The highest BCUT2D eigenvalue weighted by atomic mass is 32.1. The summed E-state index contributed by atoms with van der Waals surface area (Å²) in [6.07, 6.45) is 3.74. The first-order valence-electron chi connectivity index (χ1n) is 6.42. The largest absolute Gasteiger partial charge is 0.272 e. The van der Waals surface area contributed by atoms with E-state index in [1.165, 1.54) is 0 Å². The lowest BCUT2D eigenvalue weighted by molar-refractivity contribution is -0.385. The van der Waals surface area contributed by atoms with Crippen molar-refractivity contribution in [3.8, 4) is 0 Å². The monoisotopic (exact) mass is 296 g/mol. The molecule has 21 heavy (non-hydrogen) atoms. The van der Waals surface area contributed by atoms with Crippen LogP contribution in [0.5, 0.6) is 0 Å². The van der Waals surface area contributed by atoms with E-state index in [1.807, 2.05) is 42.5 Å². The zero-order chi connectivity index (χ0) is 14.8. The number of benzene rings is 2. The van der Waals surface area contributed by atoms with Gasteiger partial charge in [-0.3, -0.25) is 10.1 Å². The summed E-state index contributed by atoms with van der Waals surface area (Å²) in [4.78, 5) is 15.1. The minimum absolute atomic E-state index is 0.140. The lowest BCUT2D eigenvalue weighted by Crippen LogP contribution is -1.91. The van der Waals surface area contributed by atoms with Crippen molar-refractivity contribution >= 4 is 39.4 Å². The van der Waals surface area contributed by atoms with Crippen LogP contribution in [0.4, 0.5) is 5.69 Å². The molecule has 0 unspecified atom stereocenters. The van der Waals surface area contributed by atoms with Crippen molar-refractivity contribution in [3.63, 3.8) is 0 Å². The minimum Gasteiger partial charge on any atom is -0.258 e. The first-order valence-corrected chi connectivity index (χ1v) is 7.24. The van der Waals surface area contributed by atoms with Gasteiger partial charge in [0.25, 0.3) is 5.69 Å². The van der Waals surface area contributed by atoms with Crippen molar-refractivity contribution in [3.05, 3.63) is 68.7 Å². The number of rotatable bonds is 3. The fourth-order valence-corrected chi connectivity index (χ4v) is 2.93. The molecule has 0 aliphatic carbocycles. The maximum Gasteiger partial charge on any atom is 0.272 e. The van der Waals surface area contributed by atoms with Crippen LogP contribution < -0.4 is 0 Å². The summed E-state index contributed by atoms with van der Waals surface area (Å²) in [5, 5.41) is 11.8. The molecule has 1 heterocycles. The van der Waals surface area contributed by atoms with E-state index in [0.717, 1.165) is 20.8 Å². The van der Waals surface area contributed by atoms with Crippen LogP contribution in [0.25, 0.3) is 22.4 Å². The molecule has 5 heteroatoms. The third-order valence-corrected chi connectivity index (χ3v) is 4.16. The van der Waals surface area contributed by atoms with E-state index < -0.39 is 0 Å². The summed E-state index contributed by atoms with van der Waals surface area (Å²) in [6.45, 7) is 1.74. The number of aryl methyl sites for hydroxylation is 1. The van der Waals surface area contributed by atoms with E-state index in [-0.39, 0.29) is 10.6 Å². The van der Waals surface area contributed by atoms with Gasteiger partial charge in [0.15, 0.2) is 0 Å². The average molecular weight is 296 g/mol. The number of fused-ring (bicyclic) bond motifs is 1. The second kappa shape index (κ2) is 5.46. The Hall–Kier alpha value is -2.53. The van der Waals surface area contributed by atoms with Crippen molar-refractivity contribution in [2.45, 2.75) is 6.92 Å². The second-order valence-corrected chi connectivity index (χ2v) is 5.72. The molecular formula is C16H12N2O2S. The molecule has 104 valence electrons. The molecular weight excluding hydrogens is 284 g/mol. The Kier molecular flexibility index (Phi) is 3.50. The van der Waals surface area contributed by atoms with Crippen LogP contribution in [0.2, 0.25) is 0 Å². The Labute approximate surface area is 125 Å². The number of hydrogen-bond acceptors (Lipinski definition) is 4. The normalized spacial score (nSPS) is 11.3. The van der Waals surface area contributed by atoms with Crippen LogP contribution in [0.3, 0.4) is 0 Å². The Bertz CT molecular complexity index is 819. The van der Waals surface area contributed by atoms with Gasteiger partial charge >= 0.3 is 0 Å². The highest BCUT2D eigenvalue weighted by molar-refractivity contribution is 7.19. The molecule has 0 aliphatic rings. The third kappa shape index (κ3) is 2.83. The Morgan fingerprint density at radius 1 is 1.19 bits per heavy atom. The lowest BCUT2D eigenvalue weighted by atomic mass is 10.1. The Morgan fingerprint density at radius 2 is 2.00 bits per heavy atom. The summed E-state index contributed by atoms with van der Waals surface area (Å²) in [5.41, 5.74) is 2.57. The molecule has 1 aromatic heterocycles. The number of thiazole rings is 1. The van der Waals surface area contributed by atoms with Gasteiger partial charge in [-0.2, -0.15) is 0 Å². The number of aromatic nitrogens is 1. The van der Waals surface area contributed by atoms with Crippen molar-refractivity contribution in [2.75, 3.05) is 0 Å². The zero-order valence-corrected chi connectivity index (χ0v) is 12.1. The molecule has 2 aromatic carbocycles. The number of para-hydroxylation sites is 1. The van der Waals surface area contributed by atoms with Gasteiger partial charge in [0, 0.05) is 11.6 Å². The lowest BCUT2D eigenvalue weighted by Gasteiger charge is -1.98. The van der Waals surface area contributed by atoms with Crippen molar-refractivity contribution in [1.29, 1.82) is 0 Å². The molecule has 4 nitrogen and oxygen atoms in total. The van der Waals surface area contributed by atoms with E-state index in [0.29, 0.717) is 5.56 Å². The van der Waals surface area contributed by atoms with Gasteiger partial charge < -0.3 is 0 Å². The fraction of sp³-hybridized carbons (Fsp3) is 0.0625. The number of nitro groups is 1. The fourth-order valence-electron chi connectivity index (χ4n) is 2.06. The molecule has 0 saturated carbocycles. The van der Waals surface area contributed by atoms with E-state index in [9.17, 15) is 10.1 Å². The van der Waals surface area contributed by atoms with Crippen LogP contribution in [0, 0.1) is 17.0 Å². The predicted molar refractivity (Wildman–Crippen MR) is 86.4 cm³/mol.